The molecule has 8 atom stereocenters. The summed E-state index contributed by atoms with van der Waals surface area (Å²) in [6.45, 7) is 7.63. The molecule has 1 aromatic carbocycles. The molecule has 0 saturated heterocycles. The molecule has 0 heterocycles. The van der Waals surface area contributed by atoms with Crippen LogP contribution in [0.5, 0.6) is 5.75 Å². The van der Waals surface area contributed by atoms with Crippen molar-refractivity contribution in [3.8, 4) is 5.75 Å². The molecule has 2 aliphatic rings. The van der Waals surface area contributed by atoms with E-state index in [1.807, 2.05) is 44.2 Å². The van der Waals surface area contributed by atoms with Crippen LogP contribution in [-0.2, 0) is 14.3 Å². The predicted molar refractivity (Wildman–Crippen MR) is 142 cm³/mol. The summed E-state index contributed by atoms with van der Waals surface area (Å²) in [6, 6.07) is 7.48. The normalized spacial score (nSPS) is 27.9. The van der Waals surface area contributed by atoms with E-state index in [9.17, 15) is 24.9 Å². The Bertz CT molecular complexity index is 1020. The summed E-state index contributed by atoms with van der Waals surface area (Å²) >= 11 is 0. The van der Waals surface area contributed by atoms with E-state index in [1.165, 1.54) is 0 Å². The summed E-state index contributed by atoms with van der Waals surface area (Å²) in [4.78, 5) is 24.3. The first-order valence-corrected chi connectivity index (χ1v) is 13.5. The van der Waals surface area contributed by atoms with Crippen molar-refractivity contribution in [2.24, 2.45) is 17.8 Å². The number of aryl methyl sites for hydroxylation is 1. The van der Waals surface area contributed by atoms with E-state index in [2.05, 4.69) is 13.0 Å². The van der Waals surface area contributed by atoms with Crippen molar-refractivity contribution in [3.05, 3.63) is 53.6 Å². The van der Waals surface area contributed by atoms with Gasteiger partial charge in [0.25, 0.3) is 0 Å². The summed E-state index contributed by atoms with van der Waals surface area (Å²) in [6.07, 6.45) is 3.75. The molecule has 8 heteroatoms. The molecule has 0 amide bonds. The lowest BCUT2D eigenvalue weighted by Crippen LogP contribution is -2.48. The third kappa shape index (κ3) is 7.68. The Morgan fingerprint density at radius 2 is 1.84 bits per heavy atom. The van der Waals surface area contributed by atoms with Gasteiger partial charge in [0.2, 0.25) is 5.60 Å². The van der Waals surface area contributed by atoms with E-state index in [-0.39, 0.29) is 30.6 Å². The number of aliphatic hydroxyl groups excluding tert-OH is 3. The molecule has 0 bridgehead atoms. The van der Waals surface area contributed by atoms with Crippen LogP contribution in [0.3, 0.4) is 0 Å². The maximum absolute atomic E-state index is 13.5. The van der Waals surface area contributed by atoms with Crippen LogP contribution in [0, 0.1) is 24.7 Å². The minimum atomic E-state index is -1.20. The molecule has 8 nitrogen and oxygen atoms in total. The highest BCUT2D eigenvalue weighted by atomic mass is 16.6. The number of carbonyl (C=O) groups excluding carboxylic acids is 1. The van der Waals surface area contributed by atoms with Crippen molar-refractivity contribution in [2.45, 2.75) is 96.2 Å². The molecule has 0 fully saturated rings. The quantitative estimate of drug-likeness (QED) is 0.299. The predicted octanol–water partition coefficient (Wildman–Crippen LogP) is 3.95. The van der Waals surface area contributed by atoms with E-state index in [0.29, 0.717) is 25.0 Å². The molecule has 4 N–H and O–H groups in total. The molecule has 0 saturated carbocycles. The molecular formula is C30H42O8. The number of ether oxygens (including phenoxy) is 2. The Labute approximate surface area is 225 Å². The van der Waals surface area contributed by atoms with Crippen molar-refractivity contribution in [1.29, 1.82) is 0 Å². The van der Waals surface area contributed by atoms with Gasteiger partial charge in [-0.2, -0.15) is 0 Å². The van der Waals surface area contributed by atoms with Crippen LogP contribution < -0.4 is 4.74 Å². The summed E-state index contributed by atoms with van der Waals surface area (Å²) < 4.78 is 12.2. The zero-order chi connectivity index (χ0) is 28.0. The van der Waals surface area contributed by atoms with Gasteiger partial charge in [0.15, 0.2) is 0 Å². The summed E-state index contributed by atoms with van der Waals surface area (Å²) in [5, 5.41) is 39.8. The molecule has 3 rings (SSSR count). The van der Waals surface area contributed by atoms with Crippen LogP contribution in [0.2, 0.25) is 0 Å². The van der Waals surface area contributed by atoms with Crippen molar-refractivity contribution >= 4 is 11.9 Å². The first-order valence-electron chi connectivity index (χ1n) is 13.5. The second kappa shape index (κ2) is 12.9. The fraction of sp³-hybridized carbons (Fsp3) is 0.600. The molecule has 2 unspecified atom stereocenters. The maximum atomic E-state index is 13.5. The number of carboxylic acid groups (broad SMARTS) is 1. The van der Waals surface area contributed by atoms with E-state index in [0.717, 1.165) is 11.1 Å². The number of hydrogen-bond acceptors (Lipinski definition) is 7. The van der Waals surface area contributed by atoms with Crippen molar-refractivity contribution in [3.63, 3.8) is 0 Å². The molecular weight excluding hydrogens is 488 g/mol. The van der Waals surface area contributed by atoms with Crippen molar-refractivity contribution in [1.82, 2.24) is 0 Å². The van der Waals surface area contributed by atoms with Crippen molar-refractivity contribution < 1.29 is 39.5 Å². The highest BCUT2D eigenvalue weighted by Gasteiger charge is 2.45. The SMILES string of the molecule is CCC(C)(Oc1ccc(C)cc1)C(=O)O[C@H]1C[C@H](O)C=C2C=C[C@H](C)[C@H](CCC(O)C[C@@H](O)CC(=O)O)[C@H]21. The Balaban J connectivity index is 1.74. The first kappa shape index (κ1) is 29.9. The monoisotopic (exact) mass is 530 g/mol. The van der Waals surface area contributed by atoms with Gasteiger partial charge < -0.3 is 29.9 Å². The number of fused-ring (bicyclic) bond motifs is 1. The highest BCUT2D eigenvalue weighted by molar-refractivity contribution is 5.79. The number of carbonyl (C=O) groups is 2. The summed E-state index contributed by atoms with van der Waals surface area (Å²) in [5.74, 6) is -1.04. The minimum Gasteiger partial charge on any atom is -0.481 e. The fourth-order valence-corrected chi connectivity index (χ4v) is 5.48. The molecule has 0 aromatic heterocycles. The van der Waals surface area contributed by atoms with Gasteiger partial charge in [-0.25, -0.2) is 4.79 Å². The largest absolute Gasteiger partial charge is 0.481 e. The van der Waals surface area contributed by atoms with Gasteiger partial charge in [-0.15, -0.1) is 0 Å². The number of allylic oxidation sites excluding steroid dienone is 2. The third-order valence-electron chi connectivity index (χ3n) is 7.89. The number of benzene rings is 1. The average Bonchev–Trinajstić information content (AvgIpc) is 2.84. The molecule has 0 aliphatic heterocycles. The number of aliphatic hydroxyl groups is 3. The number of aliphatic carboxylic acids is 1. The van der Waals surface area contributed by atoms with Gasteiger partial charge in [-0.1, -0.05) is 49.8 Å². The Kier molecular flexibility index (Phi) is 10.2. The summed E-state index contributed by atoms with van der Waals surface area (Å²) in [7, 11) is 0. The van der Waals surface area contributed by atoms with Gasteiger partial charge >= 0.3 is 11.9 Å². The Morgan fingerprint density at radius 1 is 1.16 bits per heavy atom. The van der Waals surface area contributed by atoms with E-state index >= 15 is 0 Å². The van der Waals surface area contributed by atoms with Gasteiger partial charge in [-0.05, 0) is 69.1 Å². The molecule has 0 spiro atoms. The van der Waals surface area contributed by atoms with E-state index in [4.69, 9.17) is 14.6 Å². The van der Waals surface area contributed by atoms with Gasteiger partial charge in [0.1, 0.15) is 11.9 Å². The second-order valence-electron chi connectivity index (χ2n) is 11.0. The summed E-state index contributed by atoms with van der Waals surface area (Å²) in [5.41, 5.74) is 0.784. The number of rotatable bonds is 12. The lowest BCUT2D eigenvalue weighted by Gasteiger charge is -2.43. The molecule has 2 aliphatic carbocycles. The van der Waals surface area contributed by atoms with Gasteiger partial charge in [0.05, 0.1) is 24.7 Å². The van der Waals surface area contributed by atoms with Crippen LogP contribution in [-0.4, -0.2) is 62.4 Å². The highest BCUT2D eigenvalue weighted by Crippen LogP contribution is 2.44. The first-order chi connectivity index (χ1) is 17.9. The lowest BCUT2D eigenvalue weighted by molar-refractivity contribution is -0.172. The molecule has 38 heavy (non-hydrogen) atoms. The van der Waals surface area contributed by atoms with Crippen LogP contribution in [0.4, 0.5) is 0 Å². The average molecular weight is 531 g/mol. The zero-order valence-corrected chi connectivity index (χ0v) is 22.7. The third-order valence-corrected chi connectivity index (χ3v) is 7.89. The van der Waals surface area contributed by atoms with Crippen LogP contribution in [0.1, 0.15) is 64.9 Å². The van der Waals surface area contributed by atoms with E-state index < -0.39 is 48.4 Å². The maximum Gasteiger partial charge on any atom is 0.350 e. The van der Waals surface area contributed by atoms with E-state index in [1.54, 1.807) is 13.0 Å². The second-order valence-corrected chi connectivity index (χ2v) is 11.0. The molecule has 210 valence electrons. The van der Waals surface area contributed by atoms with Gasteiger partial charge in [0, 0.05) is 12.3 Å². The van der Waals surface area contributed by atoms with Gasteiger partial charge in [-0.3, -0.25) is 4.79 Å². The van der Waals surface area contributed by atoms with Crippen LogP contribution >= 0.6 is 0 Å². The molecule has 0 radical (unpaired) electrons. The smallest absolute Gasteiger partial charge is 0.350 e. The van der Waals surface area contributed by atoms with Crippen molar-refractivity contribution in [2.75, 3.05) is 0 Å². The fourth-order valence-electron chi connectivity index (χ4n) is 5.48. The standard InChI is InChI=1S/C30H42O8/c1-5-30(4,38-24-11-6-18(2)7-12-24)29(36)37-26-16-22(32)14-20-9-8-19(3)25(28(20)26)13-10-21(31)15-23(33)17-27(34)35/h6-9,11-12,14,19,21-23,25-26,28,31-33H,5,10,13,15-17H2,1-4H3,(H,34,35)/t19-,21?,22+,23+,25-,26-,28-,30?/m0/s1. The lowest BCUT2D eigenvalue weighted by atomic mass is 9.66. The molecule has 1 aromatic rings. The zero-order valence-electron chi connectivity index (χ0n) is 22.7. The Morgan fingerprint density at radius 3 is 2.47 bits per heavy atom. The number of esters is 1. The topological polar surface area (TPSA) is 134 Å². The van der Waals surface area contributed by atoms with Crippen LogP contribution in [0.15, 0.2) is 48.1 Å². The van der Waals surface area contributed by atoms with Crippen LogP contribution in [0.25, 0.3) is 0 Å². The Hall–Kier alpha value is -2.68. The minimum absolute atomic E-state index is 0.0149. The number of carboxylic acids is 1. The number of hydrogen-bond donors (Lipinski definition) is 4.